The SMILES string of the molecule is COc1cc(C)c(N)c(C(c2ccc(-c3ccccc3)cc2)c2cc(C)cc(C)c2N)c1. The second-order valence-corrected chi connectivity index (χ2v) is 8.45. The van der Waals surface area contributed by atoms with Crippen molar-refractivity contribution >= 4 is 11.4 Å². The van der Waals surface area contributed by atoms with Gasteiger partial charge in [-0.05, 0) is 71.8 Å². The molecule has 0 heterocycles. The number of hydrogen-bond donors (Lipinski definition) is 2. The van der Waals surface area contributed by atoms with Crippen LogP contribution in [0.25, 0.3) is 11.1 Å². The molecule has 0 aliphatic rings. The van der Waals surface area contributed by atoms with Gasteiger partial charge in [0.1, 0.15) is 5.75 Å². The molecule has 0 spiro atoms. The molecular weight excluding hydrogens is 392 g/mol. The Labute approximate surface area is 190 Å². The van der Waals surface area contributed by atoms with Crippen LogP contribution in [0.1, 0.15) is 39.3 Å². The number of rotatable bonds is 5. The monoisotopic (exact) mass is 422 g/mol. The minimum atomic E-state index is -0.104. The maximum absolute atomic E-state index is 6.63. The second kappa shape index (κ2) is 8.80. The summed E-state index contributed by atoms with van der Waals surface area (Å²) in [5.41, 5.74) is 23.7. The molecule has 4 aromatic rings. The molecule has 162 valence electrons. The molecule has 0 fully saturated rings. The minimum Gasteiger partial charge on any atom is -0.497 e. The van der Waals surface area contributed by atoms with E-state index in [0.29, 0.717) is 0 Å². The molecule has 4 aromatic carbocycles. The first-order valence-corrected chi connectivity index (χ1v) is 10.8. The van der Waals surface area contributed by atoms with Gasteiger partial charge in [0.2, 0.25) is 0 Å². The van der Waals surface area contributed by atoms with E-state index in [-0.39, 0.29) is 5.92 Å². The van der Waals surface area contributed by atoms with Crippen molar-refractivity contribution in [1.82, 2.24) is 0 Å². The van der Waals surface area contributed by atoms with E-state index in [9.17, 15) is 0 Å². The summed E-state index contributed by atoms with van der Waals surface area (Å²) >= 11 is 0. The zero-order chi connectivity index (χ0) is 22.8. The summed E-state index contributed by atoms with van der Waals surface area (Å²) in [6.07, 6.45) is 0. The summed E-state index contributed by atoms with van der Waals surface area (Å²) in [5, 5.41) is 0. The van der Waals surface area contributed by atoms with Crippen LogP contribution in [0.15, 0.2) is 78.9 Å². The van der Waals surface area contributed by atoms with Crippen LogP contribution in [0.3, 0.4) is 0 Å². The fraction of sp³-hybridized carbons (Fsp3) is 0.172. The van der Waals surface area contributed by atoms with Gasteiger partial charge in [-0.25, -0.2) is 0 Å². The summed E-state index contributed by atoms with van der Waals surface area (Å²) < 4.78 is 5.58. The van der Waals surface area contributed by atoms with Crippen molar-refractivity contribution < 1.29 is 4.74 Å². The Morgan fingerprint density at radius 3 is 1.84 bits per heavy atom. The van der Waals surface area contributed by atoms with Crippen molar-refractivity contribution in [2.75, 3.05) is 18.6 Å². The van der Waals surface area contributed by atoms with Crippen LogP contribution < -0.4 is 16.2 Å². The van der Waals surface area contributed by atoms with E-state index in [1.165, 1.54) is 16.7 Å². The summed E-state index contributed by atoms with van der Waals surface area (Å²) in [5.74, 6) is 0.688. The third-order valence-electron chi connectivity index (χ3n) is 6.16. The van der Waals surface area contributed by atoms with Crippen LogP contribution in [-0.4, -0.2) is 7.11 Å². The van der Waals surface area contributed by atoms with Crippen LogP contribution in [0.5, 0.6) is 5.75 Å². The van der Waals surface area contributed by atoms with E-state index < -0.39 is 0 Å². The van der Waals surface area contributed by atoms with Crippen LogP contribution in [0, 0.1) is 20.8 Å². The first kappa shape index (κ1) is 21.5. The largest absolute Gasteiger partial charge is 0.497 e. The zero-order valence-electron chi connectivity index (χ0n) is 19.1. The van der Waals surface area contributed by atoms with Crippen LogP contribution >= 0.6 is 0 Å². The molecule has 0 saturated carbocycles. The van der Waals surface area contributed by atoms with Gasteiger partial charge >= 0.3 is 0 Å². The van der Waals surface area contributed by atoms with Gasteiger partial charge in [0.05, 0.1) is 7.11 Å². The first-order chi connectivity index (χ1) is 15.4. The molecule has 3 heteroatoms. The normalized spacial score (nSPS) is 11.9. The number of methoxy groups -OCH3 is 1. The molecule has 0 saturated heterocycles. The van der Waals surface area contributed by atoms with E-state index >= 15 is 0 Å². The average molecular weight is 423 g/mol. The Balaban J connectivity index is 1.93. The standard InChI is InChI=1S/C29H30N2O/c1-18-14-19(2)28(30)25(15-18)27(26-17-24(32-4)16-20(3)29(26)31)23-12-10-22(11-13-23)21-8-6-5-7-9-21/h5-17,27H,30-31H2,1-4H3. The van der Waals surface area contributed by atoms with Crippen LogP contribution in [0.4, 0.5) is 11.4 Å². The molecule has 4 rings (SSSR count). The summed E-state index contributed by atoms with van der Waals surface area (Å²) in [7, 11) is 1.68. The quantitative estimate of drug-likeness (QED) is 0.280. The molecule has 0 bridgehead atoms. The number of anilines is 2. The number of aryl methyl sites for hydroxylation is 3. The number of nitrogen functional groups attached to an aromatic ring is 2. The van der Waals surface area contributed by atoms with E-state index in [0.717, 1.165) is 44.9 Å². The van der Waals surface area contributed by atoms with Crippen molar-refractivity contribution in [2.24, 2.45) is 0 Å². The summed E-state index contributed by atoms with van der Waals surface area (Å²) in [6, 6.07) is 27.4. The molecule has 0 aliphatic carbocycles. The van der Waals surface area contributed by atoms with Gasteiger partial charge in [0.15, 0.2) is 0 Å². The third kappa shape index (κ3) is 4.06. The predicted octanol–water partition coefficient (Wildman–Crippen LogP) is 6.63. The Bertz CT molecular complexity index is 1240. The van der Waals surface area contributed by atoms with Crippen molar-refractivity contribution in [3.8, 4) is 16.9 Å². The molecule has 0 aromatic heterocycles. The van der Waals surface area contributed by atoms with Gasteiger partial charge in [-0.2, -0.15) is 0 Å². The van der Waals surface area contributed by atoms with Crippen LogP contribution in [-0.2, 0) is 0 Å². The lowest BCUT2D eigenvalue weighted by Gasteiger charge is -2.25. The maximum Gasteiger partial charge on any atom is 0.119 e. The van der Waals surface area contributed by atoms with E-state index in [1.807, 2.05) is 25.1 Å². The van der Waals surface area contributed by atoms with Gasteiger partial charge in [0.25, 0.3) is 0 Å². The number of nitrogens with two attached hydrogens (primary N) is 2. The van der Waals surface area contributed by atoms with E-state index in [1.54, 1.807) is 7.11 Å². The Morgan fingerprint density at radius 1 is 0.656 bits per heavy atom. The fourth-order valence-corrected chi connectivity index (χ4v) is 4.42. The van der Waals surface area contributed by atoms with Crippen molar-refractivity contribution in [2.45, 2.75) is 26.7 Å². The summed E-state index contributed by atoms with van der Waals surface area (Å²) in [4.78, 5) is 0. The minimum absolute atomic E-state index is 0.104. The molecule has 1 atom stereocenters. The third-order valence-corrected chi connectivity index (χ3v) is 6.16. The Morgan fingerprint density at radius 2 is 1.22 bits per heavy atom. The smallest absolute Gasteiger partial charge is 0.119 e. The lowest BCUT2D eigenvalue weighted by molar-refractivity contribution is 0.414. The number of benzene rings is 4. The first-order valence-electron chi connectivity index (χ1n) is 10.8. The second-order valence-electron chi connectivity index (χ2n) is 8.45. The Kier molecular flexibility index (Phi) is 5.91. The maximum atomic E-state index is 6.63. The highest BCUT2D eigenvalue weighted by atomic mass is 16.5. The lowest BCUT2D eigenvalue weighted by atomic mass is 9.81. The molecule has 0 amide bonds. The van der Waals surface area contributed by atoms with Crippen molar-refractivity contribution in [3.63, 3.8) is 0 Å². The van der Waals surface area contributed by atoms with Crippen LogP contribution in [0.2, 0.25) is 0 Å². The highest BCUT2D eigenvalue weighted by molar-refractivity contribution is 5.69. The number of hydrogen-bond acceptors (Lipinski definition) is 3. The highest BCUT2D eigenvalue weighted by Gasteiger charge is 2.24. The highest BCUT2D eigenvalue weighted by Crippen LogP contribution is 2.42. The molecular formula is C29H30N2O. The summed E-state index contributed by atoms with van der Waals surface area (Å²) in [6.45, 7) is 6.18. The Hall–Kier alpha value is -3.72. The van der Waals surface area contributed by atoms with Gasteiger partial charge in [-0.3, -0.25) is 0 Å². The van der Waals surface area contributed by atoms with Gasteiger partial charge < -0.3 is 16.2 Å². The molecule has 4 N–H and O–H groups in total. The van der Waals surface area contributed by atoms with Gasteiger partial charge in [-0.15, -0.1) is 0 Å². The molecule has 0 aliphatic heterocycles. The van der Waals surface area contributed by atoms with Gasteiger partial charge in [-0.1, -0.05) is 72.3 Å². The van der Waals surface area contributed by atoms with E-state index in [2.05, 4.69) is 74.5 Å². The van der Waals surface area contributed by atoms with Crippen molar-refractivity contribution in [1.29, 1.82) is 0 Å². The lowest BCUT2D eigenvalue weighted by Crippen LogP contribution is -2.11. The molecule has 1 unspecified atom stereocenters. The molecule has 3 nitrogen and oxygen atoms in total. The van der Waals surface area contributed by atoms with Crippen molar-refractivity contribution in [3.05, 3.63) is 112 Å². The average Bonchev–Trinajstić information content (AvgIpc) is 2.80. The zero-order valence-corrected chi connectivity index (χ0v) is 19.1. The topological polar surface area (TPSA) is 61.3 Å². The fourth-order valence-electron chi connectivity index (χ4n) is 4.42. The molecule has 0 radical (unpaired) electrons. The predicted molar refractivity (Wildman–Crippen MR) is 135 cm³/mol. The molecule has 32 heavy (non-hydrogen) atoms. The van der Waals surface area contributed by atoms with E-state index in [4.69, 9.17) is 16.2 Å². The number of ether oxygens (including phenoxy) is 1. The van der Waals surface area contributed by atoms with Gasteiger partial charge in [0, 0.05) is 17.3 Å².